The zero-order chi connectivity index (χ0) is 17.1. The Morgan fingerprint density at radius 3 is 2.33 bits per heavy atom. The number of amides is 2. The van der Waals surface area contributed by atoms with Gasteiger partial charge in [-0.25, -0.2) is 4.79 Å². The first-order valence-corrected chi connectivity index (χ1v) is 7.76. The average Bonchev–Trinajstić information content (AvgIpc) is 3.11. The van der Waals surface area contributed by atoms with E-state index in [1.807, 2.05) is 0 Å². The number of fused-ring (bicyclic) bond motifs is 1. The predicted octanol–water partition coefficient (Wildman–Crippen LogP) is 2.82. The summed E-state index contributed by atoms with van der Waals surface area (Å²) in [5, 5.41) is 0. The molecule has 0 bridgehead atoms. The van der Waals surface area contributed by atoms with E-state index in [1.165, 1.54) is 11.2 Å². The molecule has 6 nitrogen and oxygen atoms in total. The van der Waals surface area contributed by atoms with Crippen LogP contribution < -0.4 is 0 Å². The number of esters is 1. The number of rotatable bonds is 6. The van der Waals surface area contributed by atoms with E-state index in [1.54, 1.807) is 37.3 Å². The molecule has 0 unspecified atom stereocenters. The van der Waals surface area contributed by atoms with Crippen molar-refractivity contribution in [2.75, 3.05) is 13.2 Å². The molecule has 0 saturated heterocycles. The van der Waals surface area contributed by atoms with Crippen LogP contribution in [0.2, 0.25) is 0 Å². The standard InChI is InChI=1S/C18H17NO5/c1-12-13(8-11-23-12)18(22)24-10-5-4-9-19-16(20)14-6-2-3-7-15(14)17(19)21/h2-3,6-8,11H,4-5,9-10H2,1H3. The van der Waals surface area contributed by atoms with Crippen LogP contribution in [0.25, 0.3) is 0 Å². The Kier molecular flexibility index (Phi) is 4.46. The van der Waals surface area contributed by atoms with Crippen molar-refractivity contribution in [2.45, 2.75) is 19.8 Å². The molecule has 0 atom stereocenters. The molecule has 1 aromatic heterocycles. The largest absolute Gasteiger partial charge is 0.469 e. The normalized spacial score (nSPS) is 13.3. The Labute approximate surface area is 139 Å². The summed E-state index contributed by atoms with van der Waals surface area (Å²) in [5.41, 5.74) is 1.31. The Bertz CT molecular complexity index is 757. The van der Waals surface area contributed by atoms with E-state index in [-0.39, 0.29) is 18.4 Å². The number of furan rings is 1. The highest BCUT2D eigenvalue weighted by Crippen LogP contribution is 2.22. The highest BCUT2D eigenvalue weighted by molar-refractivity contribution is 6.21. The molecule has 0 spiro atoms. The number of benzene rings is 1. The Balaban J connectivity index is 1.45. The van der Waals surface area contributed by atoms with Crippen LogP contribution in [-0.2, 0) is 4.74 Å². The van der Waals surface area contributed by atoms with E-state index in [2.05, 4.69) is 0 Å². The number of ether oxygens (including phenoxy) is 1. The number of aryl methyl sites for hydroxylation is 1. The number of nitrogens with zero attached hydrogens (tertiary/aromatic N) is 1. The minimum atomic E-state index is -0.429. The molecule has 3 rings (SSSR count). The van der Waals surface area contributed by atoms with Gasteiger partial charge in [-0.15, -0.1) is 0 Å². The fourth-order valence-electron chi connectivity index (χ4n) is 2.65. The van der Waals surface area contributed by atoms with E-state index in [9.17, 15) is 14.4 Å². The topological polar surface area (TPSA) is 76.8 Å². The highest BCUT2D eigenvalue weighted by Gasteiger charge is 2.34. The van der Waals surface area contributed by atoms with Gasteiger partial charge in [0.1, 0.15) is 11.3 Å². The average molecular weight is 327 g/mol. The number of unbranched alkanes of at least 4 members (excludes halogenated alkanes) is 1. The predicted molar refractivity (Wildman–Crippen MR) is 84.8 cm³/mol. The van der Waals surface area contributed by atoms with Crippen molar-refractivity contribution in [1.29, 1.82) is 0 Å². The molecule has 2 amide bonds. The van der Waals surface area contributed by atoms with Crippen molar-refractivity contribution in [2.24, 2.45) is 0 Å². The third-order valence-electron chi connectivity index (χ3n) is 3.97. The van der Waals surface area contributed by atoms with Crippen molar-refractivity contribution in [3.63, 3.8) is 0 Å². The van der Waals surface area contributed by atoms with Crippen LogP contribution in [0.3, 0.4) is 0 Å². The third-order valence-corrected chi connectivity index (χ3v) is 3.97. The summed E-state index contributed by atoms with van der Waals surface area (Å²) < 4.78 is 10.2. The van der Waals surface area contributed by atoms with Crippen molar-refractivity contribution in [1.82, 2.24) is 4.90 Å². The molecular weight excluding hydrogens is 310 g/mol. The molecule has 1 aromatic carbocycles. The fourth-order valence-corrected chi connectivity index (χ4v) is 2.65. The molecule has 1 aliphatic heterocycles. The molecule has 124 valence electrons. The zero-order valence-electron chi connectivity index (χ0n) is 13.3. The lowest BCUT2D eigenvalue weighted by molar-refractivity contribution is 0.0483. The van der Waals surface area contributed by atoms with E-state index < -0.39 is 5.97 Å². The summed E-state index contributed by atoms with van der Waals surface area (Å²) in [4.78, 5) is 37.4. The maximum atomic E-state index is 12.2. The molecule has 0 aliphatic carbocycles. The van der Waals surface area contributed by atoms with Crippen molar-refractivity contribution in [3.05, 3.63) is 59.0 Å². The first-order chi connectivity index (χ1) is 11.6. The van der Waals surface area contributed by atoms with Crippen LogP contribution in [0.1, 0.15) is 49.7 Å². The van der Waals surface area contributed by atoms with Crippen LogP contribution in [-0.4, -0.2) is 35.8 Å². The number of carbonyl (C=O) groups is 3. The van der Waals surface area contributed by atoms with Gasteiger partial charge in [-0.2, -0.15) is 0 Å². The minimum Gasteiger partial charge on any atom is -0.469 e. The number of imide groups is 1. The van der Waals surface area contributed by atoms with Gasteiger partial charge in [0.05, 0.1) is 24.0 Å². The second-order valence-electron chi connectivity index (χ2n) is 5.54. The second kappa shape index (κ2) is 6.70. The van der Waals surface area contributed by atoms with Crippen LogP contribution in [0.5, 0.6) is 0 Å². The van der Waals surface area contributed by atoms with Crippen LogP contribution >= 0.6 is 0 Å². The molecule has 0 N–H and O–H groups in total. The quantitative estimate of drug-likeness (QED) is 0.463. The molecule has 6 heteroatoms. The van der Waals surface area contributed by atoms with Gasteiger partial charge in [-0.1, -0.05) is 12.1 Å². The lowest BCUT2D eigenvalue weighted by Gasteiger charge is -2.13. The fraction of sp³-hybridized carbons (Fsp3) is 0.278. The molecule has 2 heterocycles. The summed E-state index contributed by atoms with van der Waals surface area (Å²) in [6.45, 7) is 2.24. The maximum Gasteiger partial charge on any atom is 0.341 e. The van der Waals surface area contributed by atoms with E-state index in [0.717, 1.165) is 0 Å². The van der Waals surface area contributed by atoms with Gasteiger partial charge in [-0.05, 0) is 38.0 Å². The summed E-state index contributed by atoms with van der Waals surface area (Å²) >= 11 is 0. The summed E-state index contributed by atoms with van der Waals surface area (Å²) in [5.74, 6) is -0.434. The van der Waals surface area contributed by atoms with Crippen LogP contribution in [0.15, 0.2) is 41.0 Å². The number of carbonyl (C=O) groups excluding carboxylic acids is 3. The van der Waals surface area contributed by atoms with Crippen molar-refractivity contribution in [3.8, 4) is 0 Å². The van der Waals surface area contributed by atoms with Gasteiger partial charge in [0.2, 0.25) is 0 Å². The molecular formula is C18H17NO5. The van der Waals surface area contributed by atoms with Crippen molar-refractivity contribution < 1.29 is 23.5 Å². The first kappa shape index (κ1) is 16.0. The number of hydrogen-bond acceptors (Lipinski definition) is 5. The molecule has 0 radical (unpaired) electrons. The lowest BCUT2D eigenvalue weighted by Crippen LogP contribution is -2.30. The van der Waals surface area contributed by atoms with Gasteiger partial charge < -0.3 is 9.15 Å². The van der Waals surface area contributed by atoms with Crippen molar-refractivity contribution >= 4 is 17.8 Å². The Hall–Kier alpha value is -2.89. The number of hydrogen-bond donors (Lipinski definition) is 0. The minimum absolute atomic E-state index is 0.229. The highest BCUT2D eigenvalue weighted by atomic mass is 16.5. The van der Waals surface area contributed by atoms with Gasteiger partial charge in [0.25, 0.3) is 11.8 Å². The maximum absolute atomic E-state index is 12.2. The van der Waals surface area contributed by atoms with Gasteiger partial charge in [0.15, 0.2) is 0 Å². The summed E-state index contributed by atoms with van der Waals surface area (Å²) in [6.07, 6.45) is 2.58. The van der Waals surface area contributed by atoms with E-state index in [0.29, 0.717) is 41.8 Å². The summed E-state index contributed by atoms with van der Waals surface area (Å²) in [6, 6.07) is 8.36. The second-order valence-corrected chi connectivity index (χ2v) is 5.54. The first-order valence-electron chi connectivity index (χ1n) is 7.76. The van der Waals surface area contributed by atoms with Crippen LogP contribution in [0.4, 0.5) is 0 Å². The lowest BCUT2D eigenvalue weighted by atomic mass is 10.1. The van der Waals surface area contributed by atoms with Gasteiger partial charge >= 0.3 is 5.97 Å². The Morgan fingerprint density at radius 1 is 1.08 bits per heavy atom. The molecule has 2 aromatic rings. The smallest absolute Gasteiger partial charge is 0.341 e. The molecule has 1 aliphatic rings. The third kappa shape index (κ3) is 2.95. The Morgan fingerprint density at radius 2 is 1.75 bits per heavy atom. The van der Waals surface area contributed by atoms with Gasteiger partial charge in [0, 0.05) is 6.54 Å². The van der Waals surface area contributed by atoms with Crippen LogP contribution in [0, 0.1) is 6.92 Å². The zero-order valence-corrected chi connectivity index (χ0v) is 13.3. The SMILES string of the molecule is Cc1occc1C(=O)OCCCCN1C(=O)c2ccccc2C1=O. The monoisotopic (exact) mass is 327 g/mol. The molecule has 24 heavy (non-hydrogen) atoms. The van der Waals surface area contributed by atoms with E-state index in [4.69, 9.17) is 9.15 Å². The summed E-state index contributed by atoms with van der Waals surface area (Å²) in [7, 11) is 0. The van der Waals surface area contributed by atoms with E-state index >= 15 is 0 Å². The van der Waals surface area contributed by atoms with Gasteiger partial charge in [-0.3, -0.25) is 14.5 Å². The molecule has 0 saturated carbocycles. The molecule has 0 fully saturated rings.